The maximum atomic E-state index is 10.6. The molecule has 15 nitrogen and oxygen atoms in total. The van der Waals surface area contributed by atoms with Gasteiger partial charge in [-0.3, -0.25) is 0 Å². The largest absolute Gasteiger partial charge is 0.571 e. The highest BCUT2D eigenvalue weighted by Gasteiger charge is 2.48. The molecular formula is C27H33O15+. The van der Waals surface area contributed by atoms with E-state index in [1.165, 1.54) is 42.5 Å². The Labute approximate surface area is 238 Å². The van der Waals surface area contributed by atoms with Gasteiger partial charge in [0.2, 0.25) is 24.4 Å². The minimum absolute atomic E-state index is 0.0313. The standard InChI is InChI=1S/C27H32O15/c28-8-17-19(32)21(34)23(36)26(41-17)39-15-6-12(31)5-14-13(15)7-16(25(38-14)10-1-3-11(30)4-2-10)40-27-24(37)22(35)20(33)18(9-29)42-27/h1-7,14,17-24,26-37H,8-9H2/p+1/t14?,17-,18-,19-,20-,21+,22+,23-,24-,26-,27-/m1/s1. The molecule has 1 aliphatic carbocycles. The molecule has 3 heterocycles. The fourth-order valence-corrected chi connectivity index (χ4v) is 4.95. The zero-order valence-electron chi connectivity index (χ0n) is 21.9. The average molecular weight is 598 g/mol. The van der Waals surface area contributed by atoms with Crippen LogP contribution in [-0.2, 0) is 18.9 Å². The van der Waals surface area contributed by atoms with Gasteiger partial charge in [0.25, 0.3) is 0 Å². The fourth-order valence-electron chi connectivity index (χ4n) is 4.95. The molecule has 230 valence electrons. The number of hydrogen-bond donors (Lipinski definition) is 10. The number of phenols is 1. The Morgan fingerprint density at radius 2 is 1.24 bits per heavy atom. The Kier molecular flexibility index (Phi) is 8.77. The van der Waals surface area contributed by atoms with Crippen LogP contribution in [0.15, 0.2) is 65.3 Å². The lowest BCUT2D eigenvalue weighted by Gasteiger charge is -2.41. The molecule has 4 aliphatic rings. The van der Waals surface area contributed by atoms with E-state index >= 15 is 0 Å². The molecule has 0 bridgehead atoms. The topological polar surface area (TPSA) is 252 Å². The van der Waals surface area contributed by atoms with Crippen LogP contribution >= 0.6 is 0 Å². The Morgan fingerprint density at radius 3 is 1.79 bits per heavy atom. The van der Waals surface area contributed by atoms with Crippen molar-refractivity contribution in [1.82, 2.24) is 0 Å². The first-order valence-corrected chi connectivity index (χ1v) is 13.1. The van der Waals surface area contributed by atoms with Gasteiger partial charge in [0, 0.05) is 12.2 Å². The molecule has 11 atom stereocenters. The summed E-state index contributed by atoms with van der Waals surface area (Å²) in [6.07, 6.45) is -12.8. The number of fused-ring (bicyclic) bond motifs is 1. The first-order chi connectivity index (χ1) is 20.0. The molecule has 0 aromatic heterocycles. The molecule has 0 saturated carbocycles. The second kappa shape index (κ2) is 12.2. The van der Waals surface area contributed by atoms with Crippen LogP contribution in [0.25, 0.3) is 5.76 Å². The molecule has 0 spiro atoms. The van der Waals surface area contributed by atoms with Gasteiger partial charge in [0.15, 0.2) is 0 Å². The maximum Gasteiger partial charge on any atom is 0.305 e. The number of allylic oxidation sites excluding steroid dienone is 2. The van der Waals surface area contributed by atoms with E-state index in [1.807, 2.05) is 0 Å². The highest BCUT2D eigenvalue weighted by atomic mass is 16.7. The summed E-state index contributed by atoms with van der Waals surface area (Å²) in [4.78, 5) is 0. The summed E-state index contributed by atoms with van der Waals surface area (Å²) in [5.41, 5.74) is 0.674. The molecule has 5 rings (SSSR count). The van der Waals surface area contributed by atoms with Crippen molar-refractivity contribution in [1.29, 1.82) is 0 Å². The van der Waals surface area contributed by atoms with Gasteiger partial charge in [-0.1, -0.05) is 0 Å². The Hall–Kier alpha value is -3.22. The molecule has 11 N–H and O–H groups in total. The van der Waals surface area contributed by atoms with Crippen LogP contribution in [0.4, 0.5) is 0 Å². The molecule has 15 heteroatoms. The average Bonchev–Trinajstić information content (AvgIpc) is 2.98. The second-order valence-corrected chi connectivity index (χ2v) is 10.2. The molecule has 1 unspecified atom stereocenters. The van der Waals surface area contributed by atoms with Gasteiger partial charge in [0.05, 0.1) is 30.4 Å². The monoisotopic (exact) mass is 597 g/mol. The molecule has 42 heavy (non-hydrogen) atoms. The number of phenolic OH excluding ortho intramolecular Hbond substituents is 1. The summed E-state index contributed by atoms with van der Waals surface area (Å²) in [7, 11) is 0. The molecule has 2 fully saturated rings. The van der Waals surface area contributed by atoms with Crippen LogP contribution in [0.2, 0.25) is 0 Å². The first kappa shape index (κ1) is 30.2. The predicted molar refractivity (Wildman–Crippen MR) is 138 cm³/mol. The van der Waals surface area contributed by atoms with Gasteiger partial charge in [-0.2, -0.15) is 0 Å². The Morgan fingerprint density at radius 1 is 0.690 bits per heavy atom. The van der Waals surface area contributed by atoms with Crippen molar-refractivity contribution in [2.24, 2.45) is 0 Å². The summed E-state index contributed by atoms with van der Waals surface area (Å²) < 4.78 is 27.3. The smallest absolute Gasteiger partial charge is 0.305 e. The van der Waals surface area contributed by atoms with Crippen molar-refractivity contribution < 1.29 is 74.7 Å². The molecule has 0 radical (unpaired) electrons. The second-order valence-electron chi connectivity index (χ2n) is 10.2. The molecule has 2 saturated heterocycles. The number of aliphatic hydroxyl groups is 11. The molecule has 1 aromatic rings. The fraction of sp³-hybridized carbons (Fsp3) is 0.481. The molecule has 3 aliphatic heterocycles. The summed E-state index contributed by atoms with van der Waals surface area (Å²) in [6, 6.07) is 5.84. The van der Waals surface area contributed by atoms with Crippen molar-refractivity contribution in [3.05, 3.63) is 70.9 Å². The van der Waals surface area contributed by atoms with Crippen LogP contribution in [0.3, 0.4) is 0 Å². The minimum Gasteiger partial charge on any atom is -0.571 e. The number of ether oxygens (including phenoxy) is 5. The van der Waals surface area contributed by atoms with Crippen molar-refractivity contribution in [3.8, 4) is 5.75 Å². The third-order valence-electron chi connectivity index (χ3n) is 7.32. The summed E-state index contributed by atoms with van der Waals surface area (Å²) in [6.45, 7) is -1.38. The van der Waals surface area contributed by atoms with Crippen molar-refractivity contribution in [2.75, 3.05) is 13.2 Å². The Bertz CT molecular complexity index is 1250. The molecular weight excluding hydrogens is 564 g/mol. The minimum atomic E-state index is -1.75. The normalized spacial score (nSPS) is 38.5. The van der Waals surface area contributed by atoms with E-state index in [1.54, 1.807) is 0 Å². The van der Waals surface area contributed by atoms with E-state index in [2.05, 4.69) is 4.74 Å². The van der Waals surface area contributed by atoms with E-state index in [0.717, 1.165) is 0 Å². The summed E-state index contributed by atoms with van der Waals surface area (Å²) >= 11 is 0. The number of rotatable bonds is 7. The number of benzene rings is 1. The van der Waals surface area contributed by atoms with Crippen LogP contribution in [-0.4, -0.2) is 137 Å². The maximum absolute atomic E-state index is 10.6. The van der Waals surface area contributed by atoms with Crippen LogP contribution in [0.1, 0.15) is 5.56 Å². The lowest BCUT2D eigenvalue weighted by molar-refractivity contribution is -0.292. The van der Waals surface area contributed by atoms with Gasteiger partial charge in [0.1, 0.15) is 66.1 Å². The highest BCUT2D eigenvalue weighted by molar-refractivity contribution is 5.68. The van der Waals surface area contributed by atoms with Gasteiger partial charge < -0.3 is 74.7 Å². The molecule has 1 aromatic carbocycles. The summed E-state index contributed by atoms with van der Waals surface area (Å²) in [5, 5.41) is 101. The third-order valence-corrected chi connectivity index (χ3v) is 7.32. The van der Waals surface area contributed by atoms with Gasteiger partial charge in [-0.05, 0) is 24.3 Å². The zero-order valence-corrected chi connectivity index (χ0v) is 21.9. The van der Waals surface area contributed by atoms with Crippen molar-refractivity contribution >= 4 is 5.76 Å². The van der Waals surface area contributed by atoms with E-state index in [9.17, 15) is 51.1 Å². The Balaban J connectivity index is 1.51. The number of hydrogen-bond acceptors (Lipinski definition) is 14. The van der Waals surface area contributed by atoms with E-state index in [-0.39, 0.29) is 34.4 Å². The lowest BCUT2D eigenvalue weighted by Crippen LogP contribution is -2.59. The van der Waals surface area contributed by atoms with Crippen LogP contribution < -0.4 is 0 Å². The van der Waals surface area contributed by atoms with Crippen LogP contribution in [0, 0.1) is 0 Å². The summed E-state index contributed by atoms with van der Waals surface area (Å²) in [5.74, 6) is -0.277. The number of aromatic hydroxyl groups is 1. The number of aliphatic hydroxyl groups excluding tert-OH is 9. The van der Waals surface area contributed by atoms with E-state index in [0.29, 0.717) is 5.56 Å². The van der Waals surface area contributed by atoms with Crippen molar-refractivity contribution in [2.45, 2.75) is 67.5 Å². The predicted octanol–water partition coefficient (Wildman–Crippen LogP) is -3.13. The SMILES string of the molecule is OC[C@H]1O[C@@H](OC2=CC(O)=CC3[OH+]C(c4ccc(O)cc4)=C(O[C@@H]4O[C@H](CO)[C@@H](O)[C@H](O)[C@H]4O)C=C23)[C@H](O)[C@@H](O)[C@@H]1O. The highest BCUT2D eigenvalue weighted by Crippen LogP contribution is 2.39. The first-order valence-electron chi connectivity index (χ1n) is 13.1. The van der Waals surface area contributed by atoms with Crippen LogP contribution in [0.5, 0.6) is 5.75 Å². The van der Waals surface area contributed by atoms with Gasteiger partial charge in [-0.25, -0.2) is 0 Å². The zero-order chi connectivity index (χ0) is 30.3. The quantitative estimate of drug-likeness (QED) is 0.140. The van der Waals surface area contributed by atoms with E-state index in [4.69, 9.17) is 18.9 Å². The van der Waals surface area contributed by atoms with Crippen molar-refractivity contribution in [3.63, 3.8) is 0 Å². The van der Waals surface area contributed by atoms with Gasteiger partial charge in [-0.15, -0.1) is 0 Å². The third kappa shape index (κ3) is 5.71. The van der Waals surface area contributed by atoms with Gasteiger partial charge >= 0.3 is 5.76 Å². The van der Waals surface area contributed by atoms with E-state index < -0.39 is 80.7 Å². The lowest BCUT2D eigenvalue weighted by atomic mass is 9.96. The molecule has 0 amide bonds.